The summed E-state index contributed by atoms with van der Waals surface area (Å²) in [6.07, 6.45) is 0.390. The first-order chi connectivity index (χ1) is 10.5. The Labute approximate surface area is 134 Å². The lowest BCUT2D eigenvalue weighted by Gasteiger charge is -2.07. The van der Waals surface area contributed by atoms with Crippen molar-refractivity contribution in [3.8, 4) is 0 Å². The van der Waals surface area contributed by atoms with Gasteiger partial charge < -0.3 is 5.32 Å². The van der Waals surface area contributed by atoms with Crippen LogP contribution < -0.4 is 5.32 Å². The number of fused-ring (bicyclic) bond motifs is 1. The Balaban J connectivity index is 1.73. The van der Waals surface area contributed by atoms with E-state index < -0.39 is 0 Å². The third-order valence-corrected chi connectivity index (χ3v) is 4.65. The second-order valence-electron chi connectivity index (χ2n) is 5.56. The highest BCUT2D eigenvalue weighted by Gasteiger charge is 2.07. The molecule has 0 aliphatic carbocycles. The fraction of sp³-hybridized carbons (Fsp3) is 0.222. The van der Waals surface area contributed by atoms with Crippen molar-refractivity contribution in [1.29, 1.82) is 0 Å². The summed E-state index contributed by atoms with van der Waals surface area (Å²) >= 11 is 1.64. The van der Waals surface area contributed by atoms with E-state index >= 15 is 0 Å². The molecule has 0 aliphatic heterocycles. The zero-order valence-electron chi connectivity index (χ0n) is 12.9. The van der Waals surface area contributed by atoms with Crippen LogP contribution in [0, 0.1) is 20.8 Å². The van der Waals surface area contributed by atoms with Crippen molar-refractivity contribution < 1.29 is 4.79 Å². The van der Waals surface area contributed by atoms with E-state index in [2.05, 4.69) is 36.3 Å². The second kappa shape index (κ2) is 5.89. The van der Waals surface area contributed by atoms with Crippen molar-refractivity contribution in [2.75, 3.05) is 5.32 Å². The molecule has 112 valence electrons. The fourth-order valence-electron chi connectivity index (χ4n) is 2.42. The van der Waals surface area contributed by atoms with Gasteiger partial charge in [0.25, 0.3) is 0 Å². The van der Waals surface area contributed by atoms with Gasteiger partial charge in [0, 0.05) is 5.69 Å². The molecule has 3 nitrogen and oxygen atoms in total. The number of hydrogen-bond donors (Lipinski definition) is 1. The number of hydrogen-bond acceptors (Lipinski definition) is 3. The number of aryl methyl sites for hydroxylation is 3. The third-order valence-electron chi connectivity index (χ3n) is 3.72. The number of anilines is 1. The molecule has 2 aromatic carbocycles. The van der Waals surface area contributed by atoms with Gasteiger partial charge in [-0.25, -0.2) is 4.98 Å². The summed E-state index contributed by atoms with van der Waals surface area (Å²) in [4.78, 5) is 16.6. The first-order valence-corrected chi connectivity index (χ1v) is 8.06. The Morgan fingerprint density at radius 1 is 1.09 bits per heavy atom. The van der Waals surface area contributed by atoms with Gasteiger partial charge >= 0.3 is 0 Å². The van der Waals surface area contributed by atoms with Gasteiger partial charge in [-0.2, -0.15) is 0 Å². The lowest BCUT2D eigenvalue weighted by atomic mass is 10.0. The fourth-order valence-corrected chi connectivity index (χ4v) is 3.29. The number of aromatic nitrogens is 1. The maximum Gasteiger partial charge on any atom is 0.228 e. The normalized spacial score (nSPS) is 10.9. The highest BCUT2D eigenvalue weighted by atomic mass is 32.1. The summed E-state index contributed by atoms with van der Waals surface area (Å²) < 4.78 is 1.10. The molecule has 0 fully saturated rings. The minimum atomic E-state index is 0.00356. The Bertz CT molecular complexity index is 851. The molecule has 1 amide bonds. The van der Waals surface area contributed by atoms with Gasteiger partial charge in [0.1, 0.15) is 0 Å². The summed E-state index contributed by atoms with van der Waals surface area (Å²) in [5.41, 5.74) is 5.30. The van der Waals surface area contributed by atoms with Gasteiger partial charge in [-0.1, -0.05) is 18.2 Å². The van der Waals surface area contributed by atoms with Crippen LogP contribution in [0.15, 0.2) is 36.4 Å². The Morgan fingerprint density at radius 3 is 2.68 bits per heavy atom. The first-order valence-electron chi connectivity index (χ1n) is 7.24. The summed E-state index contributed by atoms with van der Waals surface area (Å²) in [7, 11) is 0. The number of carbonyl (C=O) groups excluding carboxylic acids is 1. The monoisotopic (exact) mass is 310 g/mol. The van der Waals surface area contributed by atoms with Gasteiger partial charge in [-0.3, -0.25) is 4.79 Å². The van der Waals surface area contributed by atoms with Crippen LogP contribution in [0.4, 0.5) is 5.69 Å². The molecule has 22 heavy (non-hydrogen) atoms. The van der Waals surface area contributed by atoms with Crippen LogP contribution in [0.5, 0.6) is 0 Å². The van der Waals surface area contributed by atoms with Gasteiger partial charge in [0.05, 0.1) is 21.6 Å². The van der Waals surface area contributed by atoms with E-state index in [4.69, 9.17) is 0 Å². The zero-order chi connectivity index (χ0) is 15.7. The van der Waals surface area contributed by atoms with Crippen molar-refractivity contribution in [3.05, 3.63) is 58.1 Å². The van der Waals surface area contributed by atoms with Crippen LogP contribution in [0.2, 0.25) is 0 Å². The number of rotatable bonds is 3. The number of nitrogens with one attached hydrogen (secondary N) is 1. The van der Waals surface area contributed by atoms with Crippen LogP contribution in [0.3, 0.4) is 0 Å². The predicted octanol–water partition coefficient (Wildman–Crippen LogP) is 4.40. The van der Waals surface area contributed by atoms with Crippen molar-refractivity contribution in [1.82, 2.24) is 4.98 Å². The summed E-state index contributed by atoms with van der Waals surface area (Å²) in [5, 5.41) is 4.00. The van der Waals surface area contributed by atoms with Crippen LogP contribution in [0.25, 0.3) is 10.2 Å². The number of carbonyl (C=O) groups is 1. The van der Waals surface area contributed by atoms with Crippen molar-refractivity contribution in [2.24, 2.45) is 0 Å². The van der Waals surface area contributed by atoms with E-state index in [-0.39, 0.29) is 5.91 Å². The Kier molecular flexibility index (Phi) is 3.94. The Morgan fingerprint density at radius 2 is 1.91 bits per heavy atom. The summed E-state index contributed by atoms with van der Waals surface area (Å²) in [6.45, 7) is 6.13. The molecular weight excluding hydrogens is 292 g/mol. The summed E-state index contributed by atoms with van der Waals surface area (Å²) in [6, 6.07) is 12.0. The highest BCUT2D eigenvalue weighted by molar-refractivity contribution is 7.18. The molecule has 0 atom stereocenters. The number of thiazole rings is 1. The number of nitrogens with zero attached hydrogens (tertiary/aromatic N) is 1. The van der Waals surface area contributed by atoms with E-state index in [0.717, 1.165) is 26.5 Å². The van der Waals surface area contributed by atoms with Crippen molar-refractivity contribution in [3.63, 3.8) is 0 Å². The minimum absolute atomic E-state index is 0.00356. The molecule has 0 saturated heterocycles. The number of amides is 1. The first kappa shape index (κ1) is 14.7. The molecule has 0 unspecified atom stereocenters. The van der Waals surface area contributed by atoms with Crippen molar-refractivity contribution in [2.45, 2.75) is 27.2 Å². The molecule has 0 radical (unpaired) electrons. The molecule has 3 aromatic rings. The predicted molar refractivity (Wildman–Crippen MR) is 92.6 cm³/mol. The molecular formula is C18H18N2OS. The van der Waals surface area contributed by atoms with E-state index in [1.807, 2.05) is 31.2 Å². The quantitative estimate of drug-likeness (QED) is 0.779. The molecule has 1 heterocycles. The molecule has 0 aliphatic rings. The molecule has 1 aromatic heterocycles. The van der Waals surface area contributed by atoms with E-state index in [1.165, 1.54) is 11.1 Å². The standard InChI is InChI=1S/C18H18N2OS/c1-11-4-5-14(8-12(11)2)9-18(21)20-15-6-7-16-17(10-15)22-13(3)19-16/h4-8,10H,9H2,1-3H3,(H,20,21). The summed E-state index contributed by atoms with van der Waals surface area (Å²) in [5.74, 6) is 0.00356. The second-order valence-corrected chi connectivity index (χ2v) is 6.79. The molecule has 1 N–H and O–H groups in total. The topological polar surface area (TPSA) is 42.0 Å². The average molecular weight is 310 g/mol. The van der Waals surface area contributed by atoms with E-state index in [1.54, 1.807) is 11.3 Å². The highest BCUT2D eigenvalue weighted by Crippen LogP contribution is 2.24. The van der Waals surface area contributed by atoms with Crippen molar-refractivity contribution >= 4 is 33.1 Å². The van der Waals surface area contributed by atoms with Crippen LogP contribution in [-0.4, -0.2) is 10.9 Å². The smallest absolute Gasteiger partial charge is 0.228 e. The molecule has 0 bridgehead atoms. The maximum absolute atomic E-state index is 12.2. The van der Waals surface area contributed by atoms with Crippen LogP contribution in [-0.2, 0) is 11.2 Å². The maximum atomic E-state index is 12.2. The number of benzene rings is 2. The van der Waals surface area contributed by atoms with Gasteiger partial charge in [0.15, 0.2) is 0 Å². The molecule has 0 spiro atoms. The molecule has 0 saturated carbocycles. The van der Waals surface area contributed by atoms with Gasteiger partial charge in [-0.15, -0.1) is 11.3 Å². The minimum Gasteiger partial charge on any atom is -0.326 e. The van der Waals surface area contributed by atoms with Gasteiger partial charge in [-0.05, 0) is 55.7 Å². The van der Waals surface area contributed by atoms with E-state index in [0.29, 0.717) is 6.42 Å². The zero-order valence-corrected chi connectivity index (χ0v) is 13.8. The largest absolute Gasteiger partial charge is 0.326 e. The Hall–Kier alpha value is -2.20. The van der Waals surface area contributed by atoms with Crippen LogP contribution >= 0.6 is 11.3 Å². The van der Waals surface area contributed by atoms with E-state index in [9.17, 15) is 4.79 Å². The molecule has 3 rings (SSSR count). The SMILES string of the molecule is Cc1nc2ccc(NC(=O)Cc3ccc(C)c(C)c3)cc2s1. The molecule has 4 heteroatoms. The average Bonchev–Trinajstić information content (AvgIpc) is 2.82. The lowest BCUT2D eigenvalue weighted by molar-refractivity contribution is -0.115. The van der Waals surface area contributed by atoms with Gasteiger partial charge in [0.2, 0.25) is 5.91 Å². The lowest BCUT2D eigenvalue weighted by Crippen LogP contribution is -2.14. The van der Waals surface area contributed by atoms with Crippen LogP contribution in [0.1, 0.15) is 21.7 Å². The third kappa shape index (κ3) is 3.17.